The van der Waals surface area contributed by atoms with Crippen LogP contribution in [0.3, 0.4) is 0 Å². The summed E-state index contributed by atoms with van der Waals surface area (Å²) in [4.78, 5) is 3.77. The molecule has 0 amide bonds. The zero-order chi connectivity index (χ0) is 14.9. The minimum Gasteiger partial charge on any atom is -0.398 e. The van der Waals surface area contributed by atoms with Crippen LogP contribution >= 0.6 is 39.1 Å². The van der Waals surface area contributed by atoms with Gasteiger partial charge in [0.05, 0.1) is 22.0 Å². The Hall–Kier alpha value is -1.02. The Morgan fingerprint density at radius 3 is 2.55 bits per heavy atom. The number of nitrogen functional groups attached to an aromatic ring is 1. The van der Waals surface area contributed by atoms with Crippen LogP contribution in [-0.4, -0.2) is 13.4 Å². The fourth-order valence-corrected chi connectivity index (χ4v) is 3.23. The van der Waals surface area contributed by atoms with E-state index in [4.69, 9.17) is 28.9 Å². The van der Waals surface area contributed by atoms with Crippen LogP contribution in [0, 0.1) is 0 Å². The van der Waals surface area contributed by atoms with Crippen molar-refractivity contribution in [1.29, 1.82) is 0 Å². The summed E-state index contributed by atoms with van der Waals surface area (Å²) in [5.41, 5.74) is 5.99. The first-order valence-electron chi connectivity index (χ1n) is 5.18. The molecule has 0 bridgehead atoms. The molecule has 106 valence electrons. The first kappa shape index (κ1) is 15.4. The van der Waals surface area contributed by atoms with Gasteiger partial charge in [0.15, 0.2) is 0 Å². The maximum absolute atomic E-state index is 12.2. The third-order valence-corrected chi connectivity index (χ3v) is 5.13. The zero-order valence-corrected chi connectivity index (χ0v) is 13.7. The Labute approximate surface area is 134 Å². The molecular weight excluding hydrogens is 389 g/mol. The molecule has 0 aliphatic rings. The minimum absolute atomic E-state index is 0.0611. The highest BCUT2D eigenvalue weighted by Gasteiger charge is 2.18. The molecule has 0 fully saturated rings. The van der Waals surface area contributed by atoms with Gasteiger partial charge in [-0.3, -0.25) is 4.72 Å². The molecule has 5 nitrogen and oxygen atoms in total. The summed E-state index contributed by atoms with van der Waals surface area (Å²) < 4.78 is 27.3. The Morgan fingerprint density at radius 2 is 1.95 bits per heavy atom. The van der Waals surface area contributed by atoms with E-state index in [9.17, 15) is 8.42 Å². The van der Waals surface area contributed by atoms with Crippen molar-refractivity contribution in [3.63, 3.8) is 0 Å². The lowest BCUT2D eigenvalue weighted by Gasteiger charge is -2.10. The number of hydrogen-bond acceptors (Lipinski definition) is 4. The van der Waals surface area contributed by atoms with Crippen LogP contribution in [0.4, 0.5) is 11.4 Å². The molecule has 0 unspecified atom stereocenters. The molecule has 3 N–H and O–H groups in total. The van der Waals surface area contributed by atoms with Crippen molar-refractivity contribution in [1.82, 2.24) is 4.98 Å². The van der Waals surface area contributed by atoms with Crippen LogP contribution in [0.25, 0.3) is 0 Å². The van der Waals surface area contributed by atoms with Gasteiger partial charge in [0.1, 0.15) is 10.0 Å². The van der Waals surface area contributed by atoms with E-state index in [-0.39, 0.29) is 21.4 Å². The molecule has 2 aromatic rings. The number of anilines is 2. The third-order valence-electron chi connectivity index (χ3n) is 2.31. The van der Waals surface area contributed by atoms with Crippen LogP contribution < -0.4 is 10.5 Å². The average molecular weight is 397 g/mol. The fraction of sp³-hybridized carbons (Fsp3) is 0. The molecule has 1 aromatic carbocycles. The number of nitrogens with two attached hydrogens (primary N) is 1. The van der Waals surface area contributed by atoms with Gasteiger partial charge < -0.3 is 5.73 Å². The molecule has 0 atom stereocenters. The van der Waals surface area contributed by atoms with E-state index in [0.29, 0.717) is 9.50 Å². The SMILES string of the molecule is Nc1cc(Cl)ccc1S(=O)(=O)Nc1cnc(Cl)c(Br)c1. The summed E-state index contributed by atoms with van der Waals surface area (Å²) in [6.45, 7) is 0. The van der Waals surface area contributed by atoms with Crippen LogP contribution in [0.2, 0.25) is 10.2 Å². The summed E-state index contributed by atoms with van der Waals surface area (Å²) in [7, 11) is -3.83. The van der Waals surface area contributed by atoms with Gasteiger partial charge in [-0.25, -0.2) is 13.4 Å². The Balaban J connectivity index is 2.38. The van der Waals surface area contributed by atoms with Gasteiger partial charge in [-0.2, -0.15) is 0 Å². The van der Waals surface area contributed by atoms with E-state index < -0.39 is 10.0 Å². The molecule has 0 spiro atoms. The van der Waals surface area contributed by atoms with E-state index in [1.165, 1.54) is 30.5 Å². The molecule has 0 aliphatic heterocycles. The monoisotopic (exact) mass is 395 g/mol. The van der Waals surface area contributed by atoms with Crippen molar-refractivity contribution in [2.75, 3.05) is 10.5 Å². The maximum atomic E-state index is 12.2. The highest BCUT2D eigenvalue weighted by Crippen LogP contribution is 2.27. The second-order valence-electron chi connectivity index (χ2n) is 3.78. The van der Waals surface area contributed by atoms with E-state index in [2.05, 4.69) is 25.6 Å². The Bertz CT molecular complexity index is 768. The lowest BCUT2D eigenvalue weighted by Crippen LogP contribution is -2.15. The molecule has 0 saturated carbocycles. The molecule has 0 saturated heterocycles. The van der Waals surface area contributed by atoms with Crippen molar-refractivity contribution >= 4 is 60.5 Å². The van der Waals surface area contributed by atoms with Gasteiger partial charge in [0.2, 0.25) is 0 Å². The van der Waals surface area contributed by atoms with Crippen molar-refractivity contribution < 1.29 is 8.42 Å². The van der Waals surface area contributed by atoms with E-state index in [1.807, 2.05) is 0 Å². The summed E-state index contributed by atoms with van der Waals surface area (Å²) in [5, 5.41) is 0.594. The number of halogens is 3. The van der Waals surface area contributed by atoms with E-state index in [1.54, 1.807) is 0 Å². The molecule has 1 heterocycles. The smallest absolute Gasteiger partial charge is 0.263 e. The van der Waals surface area contributed by atoms with Gasteiger partial charge in [0.25, 0.3) is 10.0 Å². The van der Waals surface area contributed by atoms with Crippen molar-refractivity contribution in [2.24, 2.45) is 0 Å². The second kappa shape index (κ2) is 5.77. The lowest BCUT2D eigenvalue weighted by atomic mass is 10.3. The average Bonchev–Trinajstić information content (AvgIpc) is 2.33. The molecule has 0 radical (unpaired) electrons. The third kappa shape index (κ3) is 3.35. The number of nitrogens with zero attached hydrogens (tertiary/aromatic N) is 1. The van der Waals surface area contributed by atoms with Crippen LogP contribution in [-0.2, 0) is 10.0 Å². The number of pyridine rings is 1. The summed E-state index contributed by atoms with van der Waals surface area (Å²) in [5.74, 6) is 0. The number of hydrogen-bond donors (Lipinski definition) is 2. The van der Waals surface area contributed by atoms with Gasteiger partial charge in [-0.15, -0.1) is 0 Å². The predicted octanol–water partition coefficient (Wildman–Crippen LogP) is 3.53. The van der Waals surface area contributed by atoms with E-state index in [0.717, 1.165) is 0 Å². The molecule has 20 heavy (non-hydrogen) atoms. The normalized spacial score (nSPS) is 11.3. The molecule has 9 heteroatoms. The molecule has 1 aromatic heterocycles. The zero-order valence-electron chi connectivity index (χ0n) is 9.77. The number of rotatable bonds is 3. The largest absolute Gasteiger partial charge is 0.398 e. The van der Waals surface area contributed by atoms with Crippen molar-refractivity contribution in [3.05, 3.63) is 45.1 Å². The Morgan fingerprint density at radius 1 is 1.25 bits per heavy atom. The second-order valence-corrected chi connectivity index (χ2v) is 7.08. The quantitative estimate of drug-likeness (QED) is 0.613. The maximum Gasteiger partial charge on any atom is 0.263 e. The highest BCUT2D eigenvalue weighted by molar-refractivity contribution is 9.10. The lowest BCUT2D eigenvalue weighted by molar-refractivity contribution is 0.601. The van der Waals surface area contributed by atoms with Gasteiger partial charge in [-0.1, -0.05) is 23.2 Å². The summed E-state index contributed by atoms with van der Waals surface area (Å²) >= 11 is 14.6. The predicted molar refractivity (Wildman–Crippen MR) is 83.6 cm³/mol. The minimum atomic E-state index is -3.83. The van der Waals surface area contributed by atoms with Gasteiger partial charge in [0, 0.05) is 5.02 Å². The van der Waals surface area contributed by atoms with Gasteiger partial charge >= 0.3 is 0 Å². The van der Waals surface area contributed by atoms with Crippen molar-refractivity contribution in [2.45, 2.75) is 4.90 Å². The van der Waals surface area contributed by atoms with E-state index >= 15 is 0 Å². The van der Waals surface area contributed by atoms with Crippen LogP contribution in [0.1, 0.15) is 0 Å². The standard InChI is InChI=1S/C11H8BrCl2N3O2S/c12-8-4-7(5-16-11(8)14)17-20(18,19)10-2-1-6(13)3-9(10)15/h1-5,17H,15H2. The number of sulfonamides is 1. The Kier molecular flexibility index (Phi) is 4.43. The first-order chi connectivity index (χ1) is 9.29. The highest BCUT2D eigenvalue weighted by atomic mass is 79.9. The first-order valence-corrected chi connectivity index (χ1v) is 8.22. The molecular formula is C11H8BrCl2N3O2S. The number of nitrogens with one attached hydrogen (secondary N) is 1. The van der Waals surface area contributed by atoms with Crippen molar-refractivity contribution in [3.8, 4) is 0 Å². The van der Waals surface area contributed by atoms with Crippen LogP contribution in [0.15, 0.2) is 39.8 Å². The van der Waals surface area contributed by atoms with Gasteiger partial charge in [-0.05, 0) is 40.2 Å². The molecule has 0 aliphatic carbocycles. The summed E-state index contributed by atoms with van der Waals surface area (Å²) in [6.07, 6.45) is 1.30. The number of benzene rings is 1. The fourth-order valence-electron chi connectivity index (χ4n) is 1.45. The topological polar surface area (TPSA) is 85.1 Å². The van der Waals surface area contributed by atoms with Crippen LogP contribution in [0.5, 0.6) is 0 Å². The number of aromatic nitrogens is 1. The molecule has 2 rings (SSSR count). The summed E-state index contributed by atoms with van der Waals surface area (Å²) in [6, 6.07) is 5.64.